The highest BCUT2D eigenvalue weighted by atomic mass is 16.2. The summed E-state index contributed by atoms with van der Waals surface area (Å²) < 4.78 is 0. The van der Waals surface area contributed by atoms with Crippen molar-refractivity contribution in [2.45, 2.75) is 32.4 Å². The lowest BCUT2D eigenvalue weighted by Gasteiger charge is -2.17. The maximum absolute atomic E-state index is 11.6. The summed E-state index contributed by atoms with van der Waals surface area (Å²) in [4.78, 5) is 13.5. The van der Waals surface area contributed by atoms with Gasteiger partial charge in [-0.3, -0.25) is 4.79 Å². The number of likely N-dealkylation sites (tertiary alicyclic amines) is 1. The lowest BCUT2D eigenvalue weighted by atomic mass is 10.1. The van der Waals surface area contributed by atoms with Crippen LogP contribution in [0.5, 0.6) is 0 Å². The van der Waals surface area contributed by atoms with Crippen molar-refractivity contribution >= 4 is 5.91 Å². The molecule has 92 valence electrons. The second kappa shape index (κ2) is 5.32. The molecule has 0 aromatic heterocycles. The first-order valence-electron chi connectivity index (χ1n) is 6.24. The Morgan fingerprint density at radius 2 is 2.29 bits per heavy atom. The number of hydrogen-bond acceptors (Lipinski definition) is 2. The van der Waals surface area contributed by atoms with Crippen LogP contribution in [0.3, 0.4) is 0 Å². The van der Waals surface area contributed by atoms with Gasteiger partial charge in [0, 0.05) is 25.6 Å². The number of amides is 1. The molecular formula is C14H20N2O. The van der Waals surface area contributed by atoms with Crippen molar-refractivity contribution in [1.82, 2.24) is 10.2 Å². The summed E-state index contributed by atoms with van der Waals surface area (Å²) in [7, 11) is 1.96. The number of hydrogen-bond donors (Lipinski definition) is 1. The summed E-state index contributed by atoms with van der Waals surface area (Å²) >= 11 is 0. The van der Waals surface area contributed by atoms with E-state index in [2.05, 4.69) is 36.5 Å². The van der Waals surface area contributed by atoms with Gasteiger partial charge >= 0.3 is 0 Å². The smallest absolute Gasteiger partial charge is 0.222 e. The minimum atomic E-state index is 0.289. The highest BCUT2D eigenvalue weighted by molar-refractivity contribution is 5.78. The predicted octanol–water partition coefficient (Wildman–Crippen LogP) is 2.09. The van der Waals surface area contributed by atoms with Crippen LogP contribution in [0.2, 0.25) is 0 Å². The standard InChI is InChI=1S/C14H20N2O/c1-11(15-2)13-6-3-5-12(9-13)10-16-8-4-7-14(16)17/h3,5-6,9,11,15H,4,7-8,10H2,1-2H3. The van der Waals surface area contributed by atoms with Crippen LogP contribution in [0.15, 0.2) is 24.3 Å². The molecule has 1 amide bonds. The van der Waals surface area contributed by atoms with Gasteiger partial charge in [0.1, 0.15) is 0 Å². The Morgan fingerprint density at radius 3 is 2.94 bits per heavy atom. The lowest BCUT2D eigenvalue weighted by molar-refractivity contribution is -0.128. The summed E-state index contributed by atoms with van der Waals surface area (Å²) in [5, 5.41) is 3.23. The molecule has 0 aliphatic carbocycles. The van der Waals surface area contributed by atoms with Gasteiger partial charge in [0.05, 0.1) is 0 Å². The highest BCUT2D eigenvalue weighted by Crippen LogP contribution is 2.17. The van der Waals surface area contributed by atoms with E-state index in [0.29, 0.717) is 12.5 Å². The molecular weight excluding hydrogens is 212 g/mol. The Kier molecular flexibility index (Phi) is 3.79. The first-order valence-corrected chi connectivity index (χ1v) is 6.24. The highest BCUT2D eigenvalue weighted by Gasteiger charge is 2.20. The van der Waals surface area contributed by atoms with Gasteiger partial charge in [-0.15, -0.1) is 0 Å². The van der Waals surface area contributed by atoms with Crippen LogP contribution in [-0.4, -0.2) is 24.4 Å². The van der Waals surface area contributed by atoms with Gasteiger partial charge < -0.3 is 10.2 Å². The van der Waals surface area contributed by atoms with E-state index in [9.17, 15) is 4.79 Å². The molecule has 3 heteroatoms. The van der Waals surface area contributed by atoms with Crippen LogP contribution in [0.25, 0.3) is 0 Å². The van der Waals surface area contributed by atoms with Gasteiger partial charge in [-0.1, -0.05) is 24.3 Å². The fourth-order valence-electron chi connectivity index (χ4n) is 2.22. The molecule has 1 aliphatic rings. The zero-order valence-electron chi connectivity index (χ0n) is 10.6. The van der Waals surface area contributed by atoms with Crippen molar-refractivity contribution in [2.24, 2.45) is 0 Å². The largest absolute Gasteiger partial charge is 0.338 e. The summed E-state index contributed by atoms with van der Waals surface area (Å²) in [5.74, 6) is 0.289. The van der Waals surface area contributed by atoms with Gasteiger partial charge in [0.15, 0.2) is 0 Å². The maximum atomic E-state index is 11.6. The Labute approximate surface area is 103 Å². The van der Waals surface area contributed by atoms with Crippen molar-refractivity contribution in [3.63, 3.8) is 0 Å². The minimum absolute atomic E-state index is 0.289. The number of nitrogens with one attached hydrogen (secondary N) is 1. The van der Waals surface area contributed by atoms with Gasteiger partial charge in [-0.2, -0.15) is 0 Å². The molecule has 1 heterocycles. The Balaban J connectivity index is 2.08. The fourth-order valence-corrected chi connectivity index (χ4v) is 2.22. The first-order chi connectivity index (χ1) is 8.20. The topological polar surface area (TPSA) is 32.3 Å². The Morgan fingerprint density at radius 1 is 1.47 bits per heavy atom. The van der Waals surface area contributed by atoms with Gasteiger partial charge in [0.25, 0.3) is 0 Å². The first kappa shape index (κ1) is 12.1. The van der Waals surface area contributed by atoms with E-state index in [1.54, 1.807) is 0 Å². The molecule has 2 rings (SSSR count). The van der Waals surface area contributed by atoms with E-state index < -0.39 is 0 Å². The van der Waals surface area contributed by atoms with Crippen LogP contribution >= 0.6 is 0 Å². The summed E-state index contributed by atoms with van der Waals surface area (Å²) in [6.07, 6.45) is 1.72. The number of benzene rings is 1. The van der Waals surface area contributed by atoms with Crippen molar-refractivity contribution in [3.8, 4) is 0 Å². The molecule has 3 nitrogen and oxygen atoms in total. The second-order valence-electron chi connectivity index (χ2n) is 4.67. The van der Waals surface area contributed by atoms with Gasteiger partial charge in [-0.25, -0.2) is 0 Å². The van der Waals surface area contributed by atoms with Crippen molar-refractivity contribution in [3.05, 3.63) is 35.4 Å². The van der Waals surface area contributed by atoms with Gasteiger partial charge in [-0.05, 0) is 31.5 Å². The summed E-state index contributed by atoms with van der Waals surface area (Å²) in [6.45, 7) is 3.80. The van der Waals surface area contributed by atoms with Crippen LogP contribution in [0.1, 0.15) is 36.9 Å². The zero-order chi connectivity index (χ0) is 12.3. The van der Waals surface area contributed by atoms with Crippen molar-refractivity contribution in [1.29, 1.82) is 0 Å². The molecule has 17 heavy (non-hydrogen) atoms. The third-order valence-electron chi connectivity index (χ3n) is 3.43. The van der Waals surface area contributed by atoms with E-state index in [1.165, 1.54) is 11.1 Å². The van der Waals surface area contributed by atoms with Crippen molar-refractivity contribution < 1.29 is 4.79 Å². The number of nitrogens with zero attached hydrogens (tertiary/aromatic N) is 1. The summed E-state index contributed by atoms with van der Waals surface area (Å²) in [5.41, 5.74) is 2.50. The quantitative estimate of drug-likeness (QED) is 0.862. The molecule has 1 unspecified atom stereocenters. The number of carbonyl (C=O) groups is 1. The molecule has 1 atom stereocenters. The predicted molar refractivity (Wildman–Crippen MR) is 68.6 cm³/mol. The third kappa shape index (κ3) is 2.86. The normalized spacial score (nSPS) is 17.5. The Bertz CT molecular complexity index is 403. The van der Waals surface area contributed by atoms with E-state index >= 15 is 0 Å². The van der Waals surface area contributed by atoms with E-state index in [1.807, 2.05) is 11.9 Å². The van der Waals surface area contributed by atoms with Gasteiger partial charge in [0.2, 0.25) is 5.91 Å². The molecule has 1 saturated heterocycles. The maximum Gasteiger partial charge on any atom is 0.222 e. The molecule has 1 aliphatic heterocycles. The molecule has 1 aromatic rings. The molecule has 1 N–H and O–H groups in total. The average molecular weight is 232 g/mol. The third-order valence-corrected chi connectivity index (χ3v) is 3.43. The van der Waals surface area contributed by atoms with Crippen LogP contribution in [0, 0.1) is 0 Å². The number of carbonyl (C=O) groups excluding carboxylic acids is 1. The monoisotopic (exact) mass is 232 g/mol. The molecule has 0 saturated carbocycles. The zero-order valence-corrected chi connectivity index (χ0v) is 10.6. The van der Waals surface area contributed by atoms with Crippen LogP contribution in [0.4, 0.5) is 0 Å². The van der Waals surface area contributed by atoms with E-state index in [-0.39, 0.29) is 5.91 Å². The molecule has 1 fully saturated rings. The molecule has 0 bridgehead atoms. The molecule has 0 spiro atoms. The molecule has 1 aromatic carbocycles. The minimum Gasteiger partial charge on any atom is -0.338 e. The van der Waals surface area contributed by atoms with E-state index in [0.717, 1.165) is 19.5 Å². The number of rotatable bonds is 4. The van der Waals surface area contributed by atoms with Crippen LogP contribution in [-0.2, 0) is 11.3 Å². The van der Waals surface area contributed by atoms with Crippen molar-refractivity contribution in [2.75, 3.05) is 13.6 Å². The van der Waals surface area contributed by atoms with Crippen LogP contribution < -0.4 is 5.32 Å². The lowest BCUT2D eigenvalue weighted by Crippen LogP contribution is -2.24. The average Bonchev–Trinajstić information content (AvgIpc) is 2.74. The second-order valence-corrected chi connectivity index (χ2v) is 4.67. The molecule has 0 radical (unpaired) electrons. The van der Waals surface area contributed by atoms with E-state index in [4.69, 9.17) is 0 Å². The summed E-state index contributed by atoms with van der Waals surface area (Å²) in [6, 6.07) is 8.82. The fraction of sp³-hybridized carbons (Fsp3) is 0.500. The SMILES string of the molecule is CNC(C)c1cccc(CN2CCCC2=O)c1. The Hall–Kier alpha value is -1.35.